The Hall–Kier alpha value is -1.59. The second kappa shape index (κ2) is 6.91. The molecule has 2 rings (SSSR count). The van der Waals surface area contributed by atoms with Gasteiger partial charge in [0.15, 0.2) is 0 Å². The Morgan fingerprint density at radius 3 is 2.19 bits per heavy atom. The molecule has 0 aliphatic carbocycles. The highest BCUT2D eigenvalue weighted by Gasteiger charge is 2.22. The number of ether oxygens (including phenoxy) is 2. The minimum Gasteiger partial charge on any atom is -0.496 e. The minimum absolute atomic E-state index is 0.237. The molecule has 2 aromatic rings. The lowest BCUT2D eigenvalue weighted by Crippen LogP contribution is -2.19. The summed E-state index contributed by atoms with van der Waals surface area (Å²) in [7, 11) is 5.02. The monoisotopic (exact) mass is 353 g/mol. The van der Waals surface area contributed by atoms with E-state index in [0.717, 1.165) is 11.1 Å². The Balaban J connectivity index is 2.57. The fourth-order valence-electron chi connectivity index (χ4n) is 2.33. The van der Waals surface area contributed by atoms with Crippen LogP contribution < -0.4 is 14.8 Å². The summed E-state index contributed by atoms with van der Waals surface area (Å²) >= 11 is 3.17. The molecule has 1 unspecified atom stereocenters. The molecule has 0 spiro atoms. The molecule has 0 radical (unpaired) electrons. The average Bonchev–Trinajstić information content (AvgIpc) is 2.51. The molecule has 0 aliphatic rings. The van der Waals surface area contributed by atoms with E-state index in [0.29, 0.717) is 16.0 Å². The van der Waals surface area contributed by atoms with Crippen molar-refractivity contribution in [1.29, 1.82) is 0 Å². The van der Waals surface area contributed by atoms with Crippen LogP contribution in [0.25, 0.3) is 0 Å². The Labute approximate surface area is 132 Å². The number of hydrogen-bond donors (Lipinski definition) is 1. The van der Waals surface area contributed by atoms with Crippen LogP contribution in [0.3, 0.4) is 0 Å². The molecule has 1 N–H and O–H groups in total. The van der Waals surface area contributed by atoms with E-state index >= 15 is 0 Å². The van der Waals surface area contributed by atoms with E-state index in [2.05, 4.69) is 21.2 Å². The van der Waals surface area contributed by atoms with E-state index in [9.17, 15) is 4.39 Å². The molecule has 0 heterocycles. The quantitative estimate of drug-likeness (QED) is 0.883. The number of methoxy groups -OCH3 is 2. The molecular formula is C16H17BrFNO2. The van der Waals surface area contributed by atoms with E-state index in [1.807, 2.05) is 31.3 Å². The van der Waals surface area contributed by atoms with E-state index in [1.165, 1.54) is 6.07 Å². The molecule has 0 fully saturated rings. The molecule has 0 saturated carbocycles. The van der Waals surface area contributed by atoms with Crippen LogP contribution in [0, 0.1) is 5.82 Å². The van der Waals surface area contributed by atoms with Gasteiger partial charge >= 0.3 is 0 Å². The van der Waals surface area contributed by atoms with Gasteiger partial charge in [-0.15, -0.1) is 0 Å². The van der Waals surface area contributed by atoms with Gasteiger partial charge < -0.3 is 14.8 Å². The van der Waals surface area contributed by atoms with E-state index < -0.39 is 0 Å². The fraction of sp³-hybridized carbons (Fsp3) is 0.250. The van der Waals surface area contributed by atoms with E-state index in [1.54, 1.807) is 20.3 Å². The van der Waals surface area contributed by atoms with Crippen molar-refractivity contribution in [3.8, 4) is 11.5 Å². The van der Waals surface area contributed by atoms with Gasteiger partial charge in [0.25, 0.3) is 0 Å². The Bertz CT molecular complexity index is 611. The van der Waals surface area contributed by atoms with Gasteiger partial charge in [0.2, 0.25) is 0 Å². The van der Waals surface area contributed by atoms with Crippen molar-refractivity contribution in [2.45, 2.75) is 6.04 Å². The highest BCUT2D eigenvalue weighted by molar-refractivity contribution is 9.10. The molecule has 21 heavy (non-hydrogen) atoms. The predicted octanol–water partition coefficient (Wildman–Crippen LogP) is 3.91. The average molecular weight is 354 g/mol. The Morgan fingerprint density at radius 1 is 1.10 bits per heavy atom. The lowest BCUT2D eigenvalue weighted by atomic mass is 9.97. The molecule has 0 aliphatic heterocycles. The molecule has 0 aromatic heterocycles. The first-order valence-electron chi connectivity index (χ1n) is 6.45. The van der Waals surface area contributed by atoms with Crippen LogP contribution in [-0.4, -0.2) is 21.3 Å². The van der Waals surface area contributed by atoms with Crippen molar-refractivity contribution in [1.82, 2.24) is 5.32 Å². The van der Waals surface area contributed by atoms with Crippen LogP contribution in [-0.2, 0) is 0 Å². The summed E-state index contributed by atoms with van der Waals surface area (Å²) in [5.41, 5.74) is 1.63. The van der Waals surface area contributed by atoms with Crippen LogP contribution in [0.5, 0.6) is 11.5 Å². The van der Waals surface area contributed by atoms with E-state index in [-0.39, 0.29) is 11.9 Å². The van der Waals surface area contributed by atoms with E-state index in [4.69, 9.17) is 9.47 Å². The summed E-state index contributed by atoms with van der Waals surface area (Å²) in [6, 6.07) is 10.4. The van der Waals surface area contributed by atoms with Gasteiger partial charge in [-0.3, -0.25) is 0 Å². The lowest BCUT2D eigenvalue weighted by Gasteiger charge is -2.22. The normalized spacial score (nSPS) is 12.0. The first kappa shape index (κ1) is 15.8. The van der Waals surface area contributed by atoms with Crippen molar-refractivity contribution in [2.75, 3.05) is 21.3 Å². The molecule has 1 atom stereocenters. The molecule has 112 valence electrons. The van der Waals surface area contributed by atoms with Gasteiger partial charge in [-0.05, 0) is 52.8 Å². The SMILES string of the molecule is CNC(c1ccc(Br)c(F)c1)c1c(OC)cccc1OC. The summed E-state index contributed by atoms with van der Waals surface area (Å²) in [6.45, 7) is 0. The zero-order valence-corrected chi connectivity index (χ0v) is 13.7. The number of hydrogen-bond acceptors (Lipinski definition) is 3. The van der Waals surface area contributed by atoms with Gasteiger partial charge in [-0.2, -0.15) is 0 Å². The van der Waals surface area contributed by atoms with Gasteiger partial charge in [0.05, 0.1) is 30.3 Å². The van der Waals surface area contributed by atoms with Gasteiger partial charge in [0.1, 0.15) is 17.3 Å². The van der Waals surface area contributed by atoms with Crippen molar-refractivity contribution in [3.05, 3.63) is 57.8 Å². The molecule has 0 saturated heterocycles. The molecule has 0 bridgehead atoms. The maximum atomic E-state index is 13.8. The molecule has 5 heteroatoms. The largest absolute Gasteiger partial charge is 0.496 e. The van der Waals surface area contributed by atoms with Crippen LogP contribution in [0.2, 0.25) is 0 Å². The van der Waals surface area contributed by atoms with Gasteiger partial charge in [-0.1, -0.05) is 12.1 Å². The van der Waals surface area contributed by atoms with Crippen LogP contribution >= 0.6 is 15.9 Å². The zero-order valence-electron chi connectivity index (χ0n) is 12.1. The fourth-order valence-corrected chi connectivity index (χ4v) is 2.58. The highest BCUT2D eigenvalue weighted by atomic mass is 79.9. The number of benzene rings is 2. The molecule has 3 nitrogen and oxygen atoms in total. The van der Waals surface area contributed by atoms with Crippen LogP contribution in [0.15, 0.2) is 40.9 Å². The summed E-state index contributed by atoms with van der Waals surface area (Å²) in [4.78, 5) is 0. The van der Waals surface area contributed by atoms with Crippen molar-refractivity contribution < 1.29 is 13.9 Å². The number of rotatable bonds is 5. The molecule has 2 aromatic carbocycles. The first-order valence-corrected chi connectivity index (χ1v) is 7.24. The van der Waals surface area contributed by atoms with Gasteiger partial charge in [-0.25, -0.2) is 4.39 Å². The smallest absolute Gasteiger partial charge is 0.137 e. The van der Waals surface area contributed by atoms with Crippen molar-refractivity contribution >= 4 is 15.9 Å². The summed E-state index contributed by atoms with van der Waals surface area (Å²) in [6.07, 6.45) is 0. The molecule has 0 amide bonds. The number of halogens is 2. The Kier molecular flexibility index (Phi) is 5.20. The van der Waals surface area contributed by atoms with Crippen molar-refractivity contribution in [2.24, 2.45) is 0 Å². The highest BCUT2D eigenvalue weighted by Crippen LogP contribution is 2.37. The summed E-state index contributed by atoms with van der Waals surface area (Å²) in [5.74, 6) is 1.08. The summed E-state index contributed by atoms with van der Waals surface area (Å²) < 4.78 is 25.1. The Morgan fingerprint density at radius 2 is 1.71 bits per heavy atom. The molecular weight excluding hydrogens is 337 g/mol. The third-order valence-electron chi connectivity index (χ3n) is 3.32. The van der Waals surface area contributed by atoms with Gasteiger partial charge in [0, 0.05) is 0 Å². The lowest BCUT2D eigenvalue weighted by molar-refractivity contribution is 0.378. The maximum absolute atomic E-state index is 13.8. The van der Waals surface area contributed by atoms with Crippen LogP contribution in [0.4, 0.5) is 4.39 Å². The maximum Gasteiger partial charge on any atom is 0.137 e. The second-order valence-electron chi connectivity index (χ2n) is 4.47. The second-order valence-corrected chi connectivity index (χ2v) is 5.33. The third kappa shape index (κ3) is 3.19. The van der Waals surface area contributed by atoms with Crippen molar-refractivity contribution in [3.63, 3.8) is 0 Å². The predicted molar refractivity (Wildman–Crippen MR) is 84.5 cm³/mol. The topological polar surface area (TPSA) is 30.5 Å². The summed E-state index contributed by atoms with van der Waals surface area (Å²) in [5, 5.41) is 3.19. The number of nitrogens with one attached hydrogen (secondary N) is 1. The zero-order chi connectivity index (χ0) is 15.4. The standard InChI is InChI=1S/C16H17BrFNO2/c1-19-16(10-7-8-11(17)12(18)9-10)15-13(20-2)5-4-6-14(15)21-3/h4-9,16,19H,1-3H3. The first-order chi connectivity index (χ1) is 10.1. The third-order valence-corrected chi connectivity index (χ3v) is 3.96. The van der Waals surface area contributed by atoms with Crippen LogP contribution in [0.1, 0.15) is 17.2 Å². The minimum atomic E-state index is -0.304.